The highest BCUT2D eigenvalue weighted by Crippen LogP contribution is 2.10. The fraction of sp³-hybridized carbons (Fsp3) is 0.538. The number of nitrogens with one attached hydrogen (secondary N) is 1. The molecule has 1 heterocycles. The number of aryl methyl sites for hydroxylation is 1. The third-order valence-corrected chi connectivity index (χ3v) is 2.71. The van der Waals surface area contributed by atoms with E-state index in [1.165, 1.54) is 0 Å². The number of carbonyl (C=O) groups is 1. The Labute approximate surface area is 107 Å². The standard InChI is InChI=1S/C13H20N2O3/c1-10-11(13(17)18)6-7-12(15-10)14-8-4-2-3-5-9-16/h6-7,16H,2-5,8-9H2,1H3,(H,14,15)(H,17,18). The summed E-state index contributed by atoms with van der Waals surface area (Å²) in [5, 5.41) is 20.7. The molecule has 18 heavy (non-hydrogen) atoms. The van der Waals surface area contributed by atoms with Crippen LogP contribution in [0.3, 0.4) is 0 Å². The van der Waals surface area contributed by atoms with Gasteiger partial charge in [0, 0.05) is 13.2 Å². The average molecular weight is 252 g/mol. The molecule has 0 aliphatic heterocycles. The number of pyridine rings is 1. The number of carboxylic acid groups (broad SMARTS) is 1. The smallest absolute Gasteiger partial charge is 0.337 e. The SMILES string of the molecule is Cc1nc(NCCCCCCO)ccc1C(=O)O. The van der Waals surface area contributed by atoms with Crippen LogP contribution >= 0.6 is 0 Å². The van der Waals surface area contributed by atoms with Gasteiger partial charge in [0.05, 0.1) is 11.3 Å². The quantitative estimate of drug-likeness (QED) is 0.617. The van der Waals surface area contributed by atoms with Crippen LogP contribution in [0.15, 0.2) is 12.1 Å². The number of aliphatic hydroxyl groups excluding tert-OH is 1. The van der Waals surface area contributed by atoms with E-state index in [1.807, 2.05) is 0 Å². The van der Waals surface area contributed by atoms with Crippen molar-refractivity contribution in [3.8, 4) is 0 Å². The molecule has 0 spiro atoms. The normalized spacial score (nSPS) is 10.3. The van der Waals surface area contributed by atoms with Crippen LogP contribution in [0.5, 0.6) is 0 Å². The second-order valence-corrected chi connectivity index (χ2v) is 4.20. The van der Waals surface area contributed by atoms with Gasteiger partial charge in [0.2, 0.25) is 0 Å². The minimum absolute atomic E-state index is 0.239. The van der Waals surface area contributed by atoms with Crippen molar-refractivity contribution in [3.05, 3.63) is 23.4 Å². The van der Waals surface area contributed by atoms with Crippen LogP contribution in [0, 0.1) is 6.92 Å². The van der Waals surface area contributed by atoms with E-state index in [0.29, 0.717) is 11.5 Å². The summed E-state index contributed by atoms with van der Waals surface area (Å²) in [6.45, 7) is 2.75. The fourth-order valence-corrected chi connectivity index (χ4v) is 1.69. The largest absolute Gasteiger partial charge is 0.478 e. The average Bonchev–Trinajstić information content (AvgIpc) is 2.33. The van der Waals surface area contributed by atoms with Gasteiger partial charge in [0.1, 0.15) is 5.82 Å². The van der Waals surface area contributed by atoms with Gasteiger partial charge in [-0.3, -0.25) is 0 Å². The Kier molecular flexibility index (Phi) is 6.14. The zero-order valence-corrected chi connectivity index (χ0v) is 10.6. The molecule has 0 saturated carbocycles. The predicted octanol–water partition coefficient (Wildman–Crippen LogP) is 2.05. The number of carboxylic acids is 1. The fourth-order valence-electron chi connectivity index (χ4n) is 1.69. The van der Waals surface area contributed by atoms with Gasteiger partial charge < -0.3 is 15.5 Å². The van der Waals surface area contributed by atoms with Gasteiger partial charge in [-0.15, -0.1) is 0 Å². The lowest BCUT2D eigenvalue weighted by molar-refractivity contribution is 0.0695. The second kappa shape index (κ2) is 7.66. The molecule has 1 aromatic rings. The number of nitrogens with zero attached hydrogens (tertiary/aromatic N) is 1. The highest BCUT2D eigenvalue weighted by Gasteiger charge is 2.07. The lowest BCUT2D eigenvalue weighted by Crippen LogP contribution is -2.07. The molecular formula is C13H20N2O3. The third-order valence-electron chi connectivity index (χ3n) is 2.71. The highest BCUT2D eigenvalue weighted by molar-refractivity contribution is 5.89. The minimum atomic E-state index is -0.949. The van der Waals surface area contributed by atoms with E-state index < -0.39 is 5.97 Å². The van der Waals surface area contributed by atoms with Gasteiger partial charge in [0.15, 0.2) is 0 Å². The molecule has 1 aromatic heterocycles. The van der Waals surface area contributed by atoms with Crippen molar-refractivity contribution in [1.29, 1.82) is 0 Å². The van der Waals surface area contributed by atoms with E-state index in [-0.39, 0.29) is 12.2 Å². The molecule has 1 rings (SSSR count). The maximum atomic E-state index is 10.8. The van der Waals surface area contributed by atoms with E-state index in [4.69, 9.17) is 10.2 Å². The van der Waals surface area contributed by atoms with E-state index >= 15 is 0 Å². The molecular weight excluding hydrogens is 232 g/mol. The summed E-state index contributed by atoms with van der Waals surface area (Å²) in [4.78, 5) is 15.0. The first kappa shape index (κ1) is 14.4. The Morgan fingerprint density at radius 2 is 2.00 bits per heavy atom. The summed E-state index contributed by atoms with van der Waals surface area (Å²) < 4.78 is 0. The number of aromatic nitrogens is 1. The van der Waals surface area contributed by atoms with Crippen LogP contribution in [-0.4, -0.2) is 34.3 Å². The van der Waals surface area contributed by atoms with Crippen molar-refractivity contribution in [1.82, 2.24) is 4.98 Å². The Morgan fingerprint density at radius 3 is 2.61 bits per heavy atom. The van der Waals surface area contributed by atoms with Crippen molar-refractivity contribution in [2.24, 2.45) is 0 Å². The minimum Gasteiger partial charge on any atom is -0.478 e. The third kappa shape index (κ3) is 4.71. The zero-order chi connectivity index (χ0) is 13.4. The summed E-state index contributed by atoms with van der Waals surface area (Å²) >= 11 is 0. The van der Waals surface area contributed by atoms with Gasteiger partial charge in [-0.1, -0.05) is 12.8 Å². The molecule has 5 heteroatoms. The van der Waals surface area contributed by atoms with E-state index in [9.17, 15) is 4.79 Å². The van der Waals surface area contributed by atoms with Gasteiger partial charge in [-0.25, -0.2) is 9.78 Å². The first-order chi connectivity index (χ1) is 8.65. The Hall–Kier alpha value is -1.62. The highest BCUT2D eigenvalue weighted by atomic mass is 16.4. The molecule has 100 valence electrons. The second-order valence-electron chi connectivity index (χ2n) is 4.20. The molecule has 0 aliphatic rings. The van der Waals surface area contributed by atoms with Gasteiger partial charge in [-0.2, -0.15) is 0 Å². The first-order valence-corrected chi connectivity index (χ1v) is 6.21. The Bertz CT molecular complexity index is 394. The number of aliphatic hydroxyl groups is 1. The Balaban J connectivity index is 2.35. The molecule has 0 aromatic carbocycles. The van der Waals surface area contributed by atoms with Crippen molar-refractivity contribution in [3.63, 3.8) is 0 Å². The molecule has 0 bridgehead atoms. The molecule has 0 saturated heterocycles. The van der Waals surface area contributed by atoms with Gasteiger partial charge in [0.25, 0.3) is 0 Å². The summed E-state index contributed by atoms with van der Waals surface area (Å²) in [6, 6.07) is 3.25. The number of rotatable bonds is 8. The van der Waals surface area contributed by atoms with E-state index in [0.717, 1.165) is 32.2 Å². The van der Waals surface area contributed by atoms with Crippen molar-refractivity contribution >= 4 is 11.8 Å². The maximum absolute atomic E-state index is 10.8. The van der Waals surface area contributed by atoms with Crippen molar-refractivity contribution in [2.45, 2.75) is 32.6 Å². The zero-order valence-electron chi connectivity index (χ0n) is 10.6. The van der Waals surface area contributed by atoms with E-state index in [1.54, 1.807) is 19.1 Å². The lowest BCUT2D eigenvalue weighted by atomic mass is 10.2. The molecule has 0 atom stereocenters. The van der Waals surface area contributed by atoms with Crippen LogP contribution in [0.2, 0.25) is 0 Å². The number of hydrogen-bond acceptors (Lipinski definition) is 4. The van der Waals surface area contributed by atoms with Gasteiger partial charge >= 0.3 is 5.97 Å². The summed E-state index contributed by atoms with van der Waals surface area (Å²) in [5.41, 5.74) is 0.760. The summed E-state index contributed by atoms with van der Waals surface area (Å²) in [5.74, 6) is -0.241. The molecule has 5 nitrogen and oxygen atoms in total. The summed E-state index contributed by atoms with van der Waals surface area (Å²) in [6.07, 6.45) is 3.97. The van der Waals surface area contributed by atoms with Gasteiger partial charge in [-0.05, 0) is 31.9 Å². The Morgan fingerprint density at radius 1 is 1.28 bits per heavy atom. The number of hydrogen-bond donors (Lipinski definition) is 3. The van der Waals surface area contributed by atoms with E-state index in [2.05, 4.69) is 10.3 Å². The molecule has 0 unspecified atom stereocenters. The monoisotopic (exact) mass is 252 g/mol. The van der Waals surface area contributed by atoms with Crippen LogP contribution in [0.4, 0.5) is 5.82 Å². The number of aromatic carboxylic acids is 1. The van der Waals surface area contributed by atoms with Crippen molar-refractivity contribution < 1.29 is 15.0 Å². The molecule has 3 N–H and O–H groups in total. The lowest BCUT2D eigenvalue weighted by Gasteiger charge is -2.07. The summed E-state index contributed by atoms with van der Waals surface area (Å²) in [7, 11) is 0. The number of unbranched alkanes of at least 4 members (excludes halogenated alkanes) is 3. The molecule has 0 aliphatic carbocycles. The van der Waals surface area contributed by atoms with Crippen molar-refractivity contribution in [2.75, 3.05) is 18.5 Å². The molecule has 0 radical (unpaired) electrons. The van der Waals surface area contributed by atoms with Crippen LogP contribution in [-0.2, 0) is 0 Å². The van der Waals surface area contributed by atoms with Crippen LogP contribution < -0.4 is 5.32 Å². The maximum Gasteiger partial charge on any atom is 0.337 e. The molecule has 0 fully saturated rings. The molecule has 0 amide bonds. The first-order valence-electron chi connectivity index (χ1n) is 6.21. The number of anilines is 1. The van der Waals surface area contributed by atoms with Crippen LogP contribution in [0.25, 0.3) is 0 Å². The topological polar surface area (TPSA) is 82.5 Å². The van der Waals surface area contributed by atoms with Crippen LogP contribution in [0.1, 0.15) is 41.7 Å². The predicted molar refractivity (Wildman–Crippen MR) is 70.0 cm³/mol.